The summed E-state index contributed by atoms with van der Waals surface area (Å²) in [6.07, 6.45) is 3.17. The van der Waals surface area contributed by atoms with Gasteiger partial charge >= 0.3 is 6.01 Å². The summed E-state index contributed by atoms with van der Waals surface area (Å²) in [7, 11) is 0. The van der Waals surface area contributed by atoms with E-state index >= 15 is 0 Å². The lowest BCUT2D eigenvalue weighted by Gasteiger charge is -2.32. The number of ether oxygens (including phenoxy) is 1. The Bertz CT molecular complexity index is 698. The Morgan fingerprint density at radius 2 is 1.92 bits per heavy atom. The van der Waals surface area contributed by atoms with Crippen LogP contribution < -0.4 is 4.74 Å². The number of carbonyl (C=O) groups is 1. The van der Waals surface area contributed by atoms with Gasteiger partial charge in [-0.3, -0.25) is 4.79 Å². The first-order chi connectivity index (χ1) is 12.1. The Hall–Kier alpha value is -2.43. The molecule has 0 aliphatic carbocycles. The molecule has 1 unspecified atom stereocenters. The van der Waals surface area contributed by atoms with Crippen LogP contribution in [0.5, 0.6) is 6.01 Å². The third kappa shape index (κ3) is 5.02. The van der Waals surface area contributed by atoms with Crippen LogP contribution in [-0.4, -0.2) is 40.0 Å². The van der Waals surface area contributed by atoms with Gasteiger partial charge in [0.2, 0.25) is 5.91 Å². The fraction of sp³-hybridized carbons (Fsp3) is 0.450. The summed E-state index contributed by atoms with van der Waals surface area (Å²) < 4.78 is 5.94. The van der Waals surface area contributed by atoms with Crippen molar-refractivity contribution in [2.45, 2.75) is 45.6 Å². The summed E-state index contributed by atoms with van der Waals surface area (Å²) in [4.78, 5) is 23.1. The molecule has 0 saturated carbocycles. The highest BCUT2D eigenvalue weighted by atomic mass is 16.5. The molecule has 0 radical (unpaired) electrons. The number of amides is 1. The van der Waals surface area contributed by atoms with Crippen LogP contribution in [0.25, 0.3) is 0 Å². The zero-order chi connectivity index (χ0) is 17.6. The lowest BCUT2D eigenvalue weighted by molar-refractivity contribution is -0.133. The molecule has 1 aromatic carbocycles. The van der Waals surface area contributed by atoms with E-state index in [0.29, 0.717) is 19.0 Å². The molecular formula is C20H25N3O2. The fourth-order valence-electron chi connectivity index (χ4n) is 3.21. The molecule has 1 atom stereocenters. The van der Waals surface area contributed by atoms with Crippen LogP contribution in [0.4, 0.5) is 0 Å². The topological polar surface area (TPSA) is 55.3 Å². The SMILES string of the molecule is Cc1cc(C)nc(OC2CCCN(C(=O)CCc3ccccc3)C2)n1. The van der Waals surface area contributed by atoms with Crippen LogP contribution in [0.15, 0.2) is 36.4 Å². The number of likely N-dealkylation sites (tertiary alicyclic amines) is 1. The van der Waals surface area contributed by atoms with Crippen LogP contribution in [0.3, 0.4) is 0 Å². The maximum Gasteiger partial charge on any atom is 0.317 e. The number of benzene rings is 1. The summed E-state index contributed by atoms with van der Waals surface area (Å²) in [5.41, 5.74) is 2.99. The predicted molar refractivity (Wildman–Crippen MR) is 96.5 cm³/mol. The van der Waals surface area contributed by atoms with Crippen LogP contribution in [0.2, 0.25) is 0 Å². The van der Waals surface area contributed by atoms with Gasteiger partial charge in [0.15, 0.2) is 0 Å². The molecule has 1 fully saturated rings. The number of hydrogen-bond donors (Lipinski definition) is 0. The van der Waals surface area contributed by atoms with Gasteiger partial charge in [-0.25, -0.2) is 9.97 Å². The lowest BCUT2D eigenvalue weighted by Crippen LogP contribution is -2.44. The Morgan fingerprint density at radius 3 is 2.64 bits per heavy atom. The number of rotatable bonds is 5. The first kappa shape index (κ1) is 17.4. The normalized spacial score (nSPS) is 17.4. The number of carbonyl (C=O) groups excluding carboxylic acids is 1. The molecule has 1 amide bonds. The van der Waals surface area contributed by atoms with Gasteiger partial charge in [0.25, 0.3) is 0 Å². The molecule has 1 aliphatic heterocycles. The first-order valence-corrected chi connectivity index (χ1v) is 8.91. The monoisotopic (exact) mass is 339 g/mol. The Kier molecular flexibility index (Phi) is 5.64. The summed E-state index contributed by atoms with van der Waals surface area (Å²) in [6, 6.07) is 12.5. The molecule has 1 saturated heterocycles. The van der Waals surface area contributed by atoms with Gasteiger partial charge in [-0.15, -0.1) is 0 Å². The van der Waals surface area contributed by atoms with Crippen molar-refractivity contribution in [2.75, 3.05) is 13.1 Å². The number of piperidine rings is 1. The zero-order valence-corrected chi connectivity index (χ0v) is 14.9. The van der Waals surface area contributed by atoms with Gasteiger partial charge in [-0.2, -0.15) is 0 Å². The van der Waals surface area contributed by atoms with E-state index in [4.69, 9.17) is 4.74 Å². The number of hydrogen-bond acceptors (Lipinski definition) is 4. The summed E-state index contributed by atoms with van der Waals surface area (Å²) >= 11 is 0. The van der Waals surface area contributed by atoms with E-state index in [9.17, 15) is 4.79 Å². The molecule has 1 aromatic heterocycles. The highest BCUT2D eigenvalue weighted by Gasteiger charge is 2.25. The minimum atomic E-state index is -0.0318. The molecule has 2 heterocycles. The molecule has 1 aliphatic rings. The molecule has 5 heteroatoms. The average Bonchev–Trinajstić information content (AvgIpc) is 2.60. The Labute approximate surface area is 149 Å². The summed E-state index contributed by atoms with van der Waals surface area (Å²) in [5, 5.41) is 0. The smallest absolute Gasteiger partial charge is 0.317 e. The lowest BCUT2D eigenvalue weighted by atomic mass is 10.1. The zero-order valence-electron chi connectivity index (χ0n) is 14.9. The van der Waals surface area contributed by atoms with Crippen molar-refractivity contribution in [1.82, 2.24) is 14.9 Å². The summed E-state index contributed by atoms with van der Waals surface area (Å²) in [5.74, 6) is 0.193. The minimum Gasteiger partial charge on any atom is -0.458 e. The molecule has 3 rings (SSSR count). The van der Waals surface area contributed by atoms with E-state index < -0.39 is 0 Å². The van der Waals surface area contributed by atoms with E-state index in [1.807, 2.05) is 43.0 Å². The van der Waals surface area contributed by atoms with Gasteiger partial charge in [0.1, 0.15) is 6.10 Å². The first-order valence-electron chi connectivity index (χ1n) is 8.91. The van der Waals surface area contributed by atoms with Crippen molar-refractivity contribution in [2.24, 2.45) is 0 Å². The van der Waals surface area contributed by atoms with Gasteiger partial charge in [-0.1, -0.05) is 30.3 Å². The standard InChI is InChI=1S/C20H25N3O2/c1-15-13-16(2)22-20(21-15)25-18-9-6-12-23(14-18)19(24)11-10-17-7-4-3-5-8-17/h3-5,7-8,13,18H,6,9-12,14H2,1-2H3. The van der Waals surface area contributed by atoms with Gasteiger partial charge in [0, 0.05) is 24.4 Å². The molecule has 25 heavy (non-hydrogen) atoms. The third-order valence-corrected chi connectivity index (χ3v) is 4.44. The molecular weight excluding hydrogens is 314 g/mol. The van der Waals surface area contributed by atoms with Crippen molar-refractivity contribution in [1.29, 1.82) is 0 Å². The Balaban J connectivity index is 1.54. The molecule has 2 aromatic rings. The van der Waals surface area contributed by atoms with Crippen LogP contribution in [0, 0.1) is 13.8 Å². The maximum absolute atomic E-state index is 12.5. The van der Waals surface area contributed by atoms with Gasteiger partial charge in [0.05, 0.1) is 6.54 Å². The molecule has 5 nitrogen and oxygen atoms in total. The van der Waals surface area contributed by atoms with Crippen molar-refractivity contribution >= 4 is 5.91 Å². The largest absolute Gasteiger partial charge is 0.458 e. The molecule has 0 spiro atoms. The van der Waals surface area contributed by atoms with Crippen molar-refractivity contribution < 1.29 is 9.53 Å². The van der Waals surface area contributed by atoms with E-state index in [1.165, 1.54) is 5.56 Å². The van der Waals surface area contributed by atoms with E-state index in [1.54, 1.807) is 0 Å². The van der Waals surface area contributed by atoms with E-state index in [0.717, 1.165) is 37.2 Å². The van der Waals surface area contributed by atoms with Crippen LogP contribution >= 0.6 is 0 Å². The van der Waals surface area contributed by atoms with Crippen molar-refractivity contribution in [3.8, 4) is 6.01 Å². The molecule has 0 bridgehead atoms. The second-order valence-corrected chi connectivity index (χ2v) is 6.64. The summed E-state index contributed by atoms with van der Waals surface area (Å²) in [6.45, 7) is 5.29. The highest BCUT2D eigenvalue weighted by molar-refractivity contribution is 5.76. The Morgan fingerprint density at radius 1 is 1.20 bits per heavy atom. The van der Waals surface area contributed by atoms with E-state index in [2.05, 4.69) is 22.1 Å². The second kappa shape index (κ2) is 8.10. The van der Waals surface area contributed by atoms with Gasteiger partial charge in [-0.05, 0) is 44.7 Å². The maximum atomic E-state index is 12.5. The molecule has 0 N–H and O–H groups in total. The quantitative estimate of drug-likeness (QED) is 0.840. The van der Waals surface area contributed by atoms with Crippen LogP contribution in [0.1, 0.15) is 36.2 Å². The highest BCUT2D eigenvalue weighted by Crippen LogP contribution is 2.17. The number of nitrogens with zero attached hydrogens (tertiary/aromatic N) is 3. The van der Waals surface area contributed by atoms with Gasteiger partial charge < -0.3 is 9.64 Å². The fourth-order valence-corrected chi connectivity index (χ4v) is 3.21. The van der Waals surface area contributed by atoms with Crippen molar-refractivity contribution in [3.63, 3.8) is 0 Å². The minimum absolute atomic E-state index is 0.0318. The van der Waals surface area contributed by atoms with Crippen molar-refractivity contribution in [3.05, 3.63) is 53.3 Å². The average molecular weight is 339 g/mol. The third-order valence-electron chi connectivity index (χ3n) is 4.44. The predicted octanol–water partition coefficient (Wildman–Crippen LogP) is 3.10. The number of aromatic nitrogens is 2. The molecule has 132 valence electrons. The second-order valence-electron chi connectivity index (χ2n) is 6.64. The number of aryl methyl sites for hydroxylation is 3. The van der Waals surface area contributed by atoms with E-state index in [-0.39, 0.29) is 12.0 Å². The van der Waals surface area contributed by atoms with Crippen LogP contribution in [-0.2, 0) is 11.2 Å².